The van der Waals surface area contributed by atoms with Gasteiger partial charge in [0.25, 0.3) is 0 Å². The Balaban J connectivity index is 1.46. The van der Waals surface area contributed by atoms with Crippen LogP contribution in [0, 0.1) is 0 Å². The van der Waals surface area contributed by atoms with E-state index in [1.165, 1.54) is 12.5 Å². The van der Waals surface area contributed by atoms with Gasteiger partial charge in [0.2, 0.25) is 11.8 Å². The van der Waals surface area contributed by atoms with Crippen molar-refractivity contribution in [1.82, 2.24) is 10.6 Å². The Labute approximate surface area is 154 Å². The van der Waals surface area contributed by atoms with Crippen molar-refractivity contribution in [2.75, 3.05) is 13.7 Å². The van der Waals surface area contributed by atoms with Gasteiger partial charge in [-0.25, -0.2) is 0 Å². The zero-order chi connectivity index (χ0) is 18.4. The molecule has 0 aliphatic heterocycles. The molecule has 0 saturated heterocycles. The van der Waals surface area contributed by atoms with E-state index in [1.54, 1.807) is 0 Å². The van der Waals surface area contributed by atoms with Gasteiger partial charge in [-0.2, -0.15) is 0 Å². The van der Waals surface area contributed by atoms with E-state index in [1.807, 2.05) is 18.2 Å². The summed E-state index contributed by atoms with van der Waals surface area (Å²) in [5, 5.41) is 8.46. The van der Waals surface area contributed by atoms with Gasteiger partial charge in [0.1, 0.15) is 6.61 Å². The number of benzene rings is 2. The van der Waals surface area contributed by atoms with E-state index in [9.17, 15) is 9.59 Å². The molecule has 2 aromatic carbocycles. The molecular formula is C21H26N2O3. The Morgan fingerprint density at radius 1 is 0.923 bits per heavy atom. The van der Waals surface area contributed by atoms with Gasteiger partial charge in [0.05, 0.1) is 6.42 Å². The number of ether oxygens (including phenoxy) is 1. The van der Waals surface area contributed by atoms with Crippen LogP contribution in [-0.2, 0) is 20.7 Å². The normalized spacial score (nSPS) is 19.9. The Hall–Kier alpha value is -2.40. The summed E-state index contributed by atoms with van der Waals surface area (Å²) in [7, 11) is 1.52. The molecule has 1 fully saturated rings. The Morgan fingerprint density at radius 2 is 1.54 bits per heavy atom. The third kappa shape index (κ3) is 5.05. The van der Waals surface area contributed by atoms with Crippen molar-refractivity contribution >= 4 is 22.6 Å². The molecule has 1 aliphatic carbocycles. The van der Waals surface area contributed by atoms with Crippen molar-refractivity contribution < 1.29 is 14.3 Å². The number of methoxy groups -OCH3 is 1. The minimum atomic E-state index is -0.0729. The number of rotatable bonds is 6. The number of hydrogen-bond donors (Lipinski definition) is 2. The first-order valence-electron chi connectivity index (χ1n) is 9.19. The van der Waals surface area contributed by atoms with Gasteiger partial charge < -0.3 is 15.4 Å². The summed E-state index contributed by atoms with van der Waals surface area (Å²) in [5.74, 6) is -0.0107. The predicted octanol–water partition coefficient (Wildman–Crippen LogP) is 2.57. The molecule has 2 amide bonds. The zero-order valence-electron chi connectivity index (χ0n) is 15.2. The smallest absolute Gasteiger partial charge is 0.246 e. The maximum Gasteiger partial charge on any atom is 0.246 e. The number of fused-ring (bicyclic) bond motifs is 1. The summed E-state index contributed by atoms with van der Waals surface area (Å²) in [5.41, 5.74) is 1.03. The zero-order valence-corrected chi connectivity index (χ0v) is 15.2. The molecule has 0 heterocycles. The minimum absolute atomic E-state index is 0.0622. The van der Waals surface area contributed by atoms with Crippen LogP contribution < -0.4 is 10.6 Å². The number of hydrogen-bond acceptors (Lipinski definition) is 3. The van der Waals surface area contributed by atoms with E-state index >= 15 is 0 Å². The monoisotopic (exact) mass is 354 g/mol. The second-order valence-corrected chi connectivity index (χ2v) is 6.97. The first kappa shape index (κ1) is 18.4. The van der Waals surface area contributed by atoms with Gasteiger partial charge in [-0.05, 0) is 42.0 Å². The molecule has 0 radical (unpaired) electrons. The molecule has 0 atom stereocenters. The highest BCUT2D eigenvalue weighted by molar-refractivity contribution is 5.85. The quantitative estimate of drug-likeness (QED) is 0.838. The van der Waals surface area contributed by atoms with Crippen LogP contribution in [0.4, 0.5) is 0 Å². The molecule has 0 aromatic heterocycles. The van der Waals surface area contributed by atoms with Crippen LogP contribution in [0.5, 0.6) is 0 Å². The number of carbonyl (C=O) groups is 2. The molecule has 1 aliphatic rings. The molecule has 0 unspecified atom stereocenters. The molecule has 5 heteroatoms. The van der Waals surface area contributed by atoms with Crippen LogP contribution in [0.15, 0.2) is 42.5 Å². The highest BCUT2D eigenvalue weighted by Gasteiger charge is 2.23. The van der Waals surface area contributed by atoms with E-state index < -0.39 is 0 Å². The molecule has 2 aromatic rings. The van der Waals surface area contributed by atoms with Crippen LogP contribution in [0.25, 0.3) is 10.8 Å². The predicted molar refractivity (Wildman–Crippen MR) is 102 cm³/mol. The third-order valence-corrected chi connectivity index (χ3v) is 4.91. The summed E-state index contributed by atoms with van der Waals surface area (Å²) in [6, 6.07) is 14.7. The lowest BCUT2D eigenvalue weighted by molar-refractivity contribution is -0.126. The Morgan fingerprint density at radius 3 is 2.19 bits per heavy atom. The highest BCUT2D eigenvalue weighted by Crippen LogP contribution is 2.19. The van der Waals surface area contributed by atoms with Gasteiger partial charge >= 0.3 is 0 Å². The fourth-order valence-corrected chi connectivity index (χ4v) is 3.60. The summed E-state index contributed by atoms with van der Waals surface area (Å²) in [6.45, 7) is 0.0996. The molecule has 2 N–H and O–H groups in total. The second-order valence-electron chi connectivity index (χ2n) is 6.97. The van der Waals surface area contributed by atoms with Gasteiger partial charge in [0, 0.05) is 19.2 Å². The molecular weight excluding hydrogens is 328 g/mol. The standard InChI is InChI=1S/C21H26N2O3/c1-26-14-21(25)23-19-10-8-18(9-11-19)22-20(24)13-15-6-7-16-4-2-3-5-17(16)12-15/h2-7,12,18-19H,8-11,13-14H2,1H3,(H,22,24)(H,23,25). The lowest BCUT2D eigenvalue weighted by atomic mass is 9.91. The topological polar surface area (TPSA) is 67.4 Å². The van der Waals surface area contributed by atoms with Gasteiger partial charge in [0.15, 0.2) is 0 Å². The summed E-state index contributed by atoms with van der Waals surface area (Å²) in [4.78, 5) is 23.9. The maximum atomic E-state index is 12.4. The number of nitrogens with one attached hydrogen (secondary N) is 2. The lowest BCUT2D eigenvalue weighted by Gasteiger charge is -2.29. The minimum Gasteiger partial charge on any atom is -0.375 e. The van der Waals surface area contributed by atoms with E-state index in [0.29, 0.717) is 6.42 Å². The molecule has 138 valence electrons. The van der Waals surface area contributed by atoms with E-state index in [2.05, 4.69) is 34.9 Å². The average molecular weight is 354 g/mol. The van der Waals surface area contributed by atoms with Gasteiger partial charge in [-0.15, -0.1) is 0 Å². The summed E-state index contributed by atoms with van der Waals surface area (Å²) < 4.78 is 4.83. The van der Waals surface area contributed by atoms with Crippen LogP contribution in [-0.4, -0.2) is 37.6 Å². The molecule has 0 spiro atoms. The van der Waals surface area contributed by atoms with Crippen LogP contribution in [0.2, 0.25) is 0 Å². The van der Waals surface area contributed by atoms with E-state index in [-0.39, 0.29) is 30.5 Å². The molecule has 5 nitrogen and oxygen atoms in total. The fourth-order valence-electron chi connectivity index (χ4n) is 3.60. The SMILES string of the molecule is COCC(=O)NC1CCC(NC(=O)Cc2ccc3ccccc3c2)CC1. The Bertz CT molecular complexity index is 767. The Kier molecular flexibility index (Phi) is 6.23. The highest BCUT2D eigenvalue weighted by atomic mass is 16.5. The number of carbonyl (C=O) groups excluding carboxylic acids is 2. The van der Waals surface area contributed by atoms with Crippen molar-refractivity contribution in [3.05, 3.63) is 48.0 Å². The van der Waals surface area contributed by atoms with E-state index in [0.717, 1.165) is 36.6 Å². The first-order chi connectivity index (χ1) is 12.6. The average Bonchev–Trinajstić information content (AvgIpc) is 2.63. The largest absolute Gasteiger partial charge is 0.375 e. The van der Waals surface area contributed by atoms with Gasteiger partial charge in [-0.3, -0.25) is 9.59 Å². The van der Waals surface area contributed by atoms with E-state index in [4.69, 9.17) is 4.74 Å². The summed E-state index contributed by atoms with van der Waals surface area (Å²) in [6.07, 6.45) is 3.95. The fraction of sp³-hybridized carbons (Fsp3) is 0.429. The van der Waals surface area contributed by atoms with Crippen LogP contribution in [0.1, 0.15) is 31.2 Å². The van der Waals surface area contributed by atoms with Gasteiger partial charge in [-0.1, -0.05) is 42.5 Å². The molecule has 26 heavy (non-hydrogen) atoms. The first-order valence-corrected chi connectivity index (χ1v) is 9.19. The second kappa shape index (κ2) is 8.81. The van der Waals surface area contributed by atoms with Crippen molar-refractivity contribution in [2.45, 2.75) is 44.2 Å². The summed E-state index contributed by atoms with van der Waals surface area (Å²) >= 11 is 0. The third-order valence-electron chi connectivity index (χ3n) is 4.91. The van der Waals surface area contributed by atoms with Crippen molar-refractivity contribution in [1.29, 1.82) is 0 Å². The van der Waals surface area contributed by atoms with Crippen molar-refractivity contribution in [3.63, 3.8) is 0 Å². The van der Waals surface area contributed by atoms with Crippen molar-refractivity contribution in [3.8, 4) is 0 Å². The van der Waals surface area contributed by atoms with Crippen LogP contribution >= 0.6 is 0 Å². The van der Waals surface area contributed by atoms with Crippen LogP contribution in [0.3, 0.4) is 0 Å². The molecule has 3 rings (SSSR count). The molecule has 0 bridgehead atoms. The lowest BCUT2D eigenvalue weighted by Crippen LogP contribution is -2.44. The maximum absolute atomic E-state index is 12.4. The molecule has 1 saturated carbocycles. The number of amides is 2. The van der Waals surface area contributed by atoms with Crippen molar-refractivity contribution in [2.24, 2.45) is 0 Å².